The van der Waals surface area contributed by atoms with Crippen molar-refractivity contribution in [2.24, 2.45) is 0 Å². The zero-order valence-electron chi connectivity index (χ0n) is 11.6. The maximum Gasteiger partial charge on any atom is 0.313 e. The van der Waals surface area contributed by atoms with Crippen LogP contribution >= 0.6 is 15.9 Å². The summed E-state index contributed by atoms with van der Waals surface area (Å²) in [6.45, 7) is 5.67. The fourth-order valence-corrected chi connectivity index (χ4v) is 2.75. The molecule has 2 aromatic heterocycles. The van der Waals surface area contributed by atoms with Crippen molar-refractivity contribution in [3.05, 3.63) is 43.8 Å². The van der Waals surface area contributed by atoms with Gasteiger partial charge in [-0.15, -0.1) is 0 Å². The number of nitrogens with zero attached hydrogens (tertiary/aromatic N) is 4. The number of nitro groups is 1. The van der Waals surface area contributed by atoms with Crippen molar-refractivity contribution in [2.75, 3.05) is 0 Å². The van der Waals surface area contributed by atoms with Gasteiger partial charge in [0.1, 0.15) is 11.4 Å². The molecule has 0 aliphatic rings. The molecule has 0 fully saturated rings. The molecule has 0 bridgehead atoms. The van der Waals surface area contributed by atoms with Crippen LogP contribution in [0.25, 0.3) is 5.82 Å². The predicted molar refractivity (Wildman–Crippen MR) is 79.2 cm³/mol. The Labute approximate surface area is 125 Å². The van der Waals surface area contributed by atoms with E-state index in [0.29, 0.717) is 30.0 Å². The first kappa shape index (κ1) is 14.6. The van der Waals surface area contributed by atoms with Crippen molar-refractivity contribution in [1.29, 1.82) is 0 Å². The Hall–Kier alpha value is -1.76. The van der Waals surface area contributed by atoms with Crippen molar-refractivity contribution < 1.29 is 4.92 Å². The van der Waals surface area contributed by atoms with Crippen molar-refractivity contribution >= 4 is 21.6 Å². The first-order chi connectivity index (χ1) is 9.49. The minimum atomic E-state index is -0.358. The topological polar surface area (TPSA) is 73.8 Å². The molecule has 0 radical (unpaired) electrons. The number of pyridine rings is 1. The molecule has 2 aromatic rings. The van der Waals surface area contributed by atoms with Crippen molar-refractivity contribution in [2.45, 2.75) is 33.6 Å². The molecule has 0 unspecified atom stereocenters. The molecule has 0 aliphatic heterocycles. The van der Waals surface area contributed by atoms with Crippen LogP contribution in [-0.4, -0.2) is 19.7 Å². The third-order valence-electron chi connectivity index (χ3n) is 3.03. The summed E-state index contributed by atoms with van der Waals surface area (Å²) in [5, 5.41) is 15.6. The molecule has 7 heteroatoms. The SMILES string of the molecule is CCc1nn(-c2ncc(C)cc2Br)c(CC)c1[N+](=O)[O-]. The molecule has 0 spiro atoms. The molecule has 2 heterocycles. The number of aromatic nitrogens is 3. The van der Waals surface area contributed by atoms with Crippen LogP contribution in [-0.2, 0) is 12.8 Å². The molecule has 20 heavy (non-hydrogen) atoms. The lowest BCUT2D eigenvalue weighted by molar-refractivity contribution is -0.386. The smallest absolute Gasteiger partial charge is 0.258 e. The average molecular weight is 339 g/mol. The second-order valence-electron chi connectivity index (χ2n) is 4.44. The summed E-state index contributed by atoms with van der Waals surface area (Å²) in [5.74, 6) is 0.579. The van der Waals surface area contributed by atoms with Gasteiger partial charge in [0.05, 0.1) is 9.40 Å². The zero-order valence-corrected chi connectivity index (χ0v) is 13.1. The van der Waals surface area contributed by atoms with Gasteiger partial charge in [0.15, 0.2) is 5.82 Å². The number of hydrogen-bond donors (Lipinski definition) is 0. The van der Waals surface area contributed by atoms with Crippen LogP contribution in [0.2, 0.25) is 0 Å². The molecule has 0 saturated heterocycles. The summed E-state index contributed by atoms with van der Waals surface area (Å²) in [7, 11) is 0. The first-order valence-corrected chi connectivity index (χ1v) is 7.16. The Morgan fingerprint density at radius 1 is 1.40 bits per heavy atom. The van der Waals surface area contributed by atoms with Crippen LogP contribution in [0.4, 0.5) is 5.69 Å². The standard InChI is InChI=1S/C13H15BrN4O2/c1-4-10-12(18(19)20)11(5-2)17(16-10)13-9(14)6-8(3)7-15-13/h6-7H,4-5H2,1-3H3. The lowest BCUT2D eigenvalue weighted by Gasteiger charge is -2.07. The van der Waals surface area contributed by atoms with Crippen LogP contribution < -0.4 is 0 Å². The molecular formula is C13H15BrN4O2. The highest BCUT2D eigenvalue weighted by Gasteiger charge is 2.27. The van der Waals surface area contributed by atoms with E-state index in [1.165, 1.54) is 0 Å². The van der Waals surface area contributed by atoms with Gasteiger partial charge in [0.25, 0.3) is 0 Å². The number of aryl methyl sites for hydroxylation is 2. The number of halogens is 1. The minimum Gasteiger partial charge on any atom is -0.258 e. The molecule has 106 valence electrons. The van der Waals surface area contributed by atoms with E-state index < -0.39 is 0 Å². The Kier molecular flexibility index (Phi) is 4.17. The Morgan fingerprint density at radius 2 is 2.10 bits per heavy atom. The van der Waals surface area contributed by atoms with Crippen LogP contribution in [0.15, 0.2) is 16.7 Å². The third-order valence-corrected chi connectivity index (χ3v) is 3.62. The van der Waals surface area contributed by atoms with Crippen molar-refractivity contribution in [1.82, 2.24) is 14.8 Å². The highest BCUT2D eigenvalue weighted by Crippen LogP contribution is 2.29. The molecule has 0 saturated carbocycles. The Balaban J connectivity index is 2.71. The van der Waals surface area contributed by atoms with E-state index in [9.17, 15) is 10.1 Å². The van der Waals surface area contributed by atoms with Gasteiger partial charge in [-0.1, -0.05) is 13.8 Å². The molecule has 0 N–H and O–H groups in total. The van der Waals surface area contributed by atoms with E-state index in [-0.39, 0.29) is 10.6 Å². The quantitative estimate of drug-likeness (QED) is 0.632. The van der Waals surface area contributed by atoms with Gasteiger partial charge < -0.3 is 0 Å². The molecular weight excluding hydrogens is 324 g/mol. The normalized spacial score (nSPS) is 10.8. The maximum absolute atomic E-state index is 11.3. The van der Waals surface area contributed by atoms with E-state index >= 15 is 0 Å². The van der Waals surface area contributed by atoms with Gasteiger partial charge in [-0.25, -0.2) is 9.67 Å². The monoisotopic (exact) mass is 338 g/mol. The van der Waals surface area contributed by atoms with Gasteiger partial charge in [0, 0.05) is 6.20 Å². The molecule has 0 aromatic carbocycles. The van der Waals surface area contributed by atoms with E-state index in [4.69, 9.17) is 0 Å². The predicted octanol–water partition coefficient (Wildman–Crippen LogP) is 3.37. The molecule has 0 amide bonds. The van der Waals surface area contributed by atoms with Gasteiger partial charge >= 0.3 is 5.69 Å². The van der Waals surface area contributed by atoms with Crippen LogP contribution in [0.1, 0.15) is 30.8 Å². The molecule has 0 aliphatic carbocycles. The summed E-state index contributed by atoms with van der Waals surface area (Å²) in [6.07, 6.45) is 2.75. The highest BCUT2D eigenvalue weighted by atomic mass is 79.9. The summed E-state index contributed by atoms with van der Waals surface area (Å²) in [6, 6.07) is 1.92. The second-order valence-corrected chi connectivity index (χ2v) is 5.29. The van der Waals surface area contributed by atoms with E-state index in [0.717, 1.165) is 10.0 Å². The van der Waals surface area contributed by atoms with Crippen LogP contribution in [0.5, 0.6) is 0 Å². The highest BCUT2D eigenvalue weighted by molar-refractivity contribution is 9.10. The molecule has 0 atom stereocenters. The molecule has 6 nitrogen and oxygen atoms in total. The van der Waals surface area contributed by atoms with Crippen molar-refractivity contribution in [3.8, 4) is 5.82 Å². The van der Waals surface area contributed by atoms with Crippen molar-refractivity contribution in [3.63, 3.8) is 0 Å². The van der Waals surface area contributed by atoms with Crippen LogP contribution in [0, 0.1) is 17.0 Å². The minimum absolute atomic E-state index is 0.101. The van der Waals surface area contributed by atoms with E-state index in [2.05, 4.69) is 26.0 Å². The van der Waals surface area contributed by atoms with Crippen LogP contribution in [0.3, 0.4) is 0 Å². The summed E-state index contributed by atoms with van der Waals surface area (Å²) in [4.78, 5) is 15.2. The van der Waals surface area contributed by atoms with Gasteiger partial charge in [-0.2, -0.15) is 5.10 Å². The first-order valence-electron chi connectivity index (χ1n) is 6.37. The average Bonchev–Trinajstić information content (AvgIpc) is 2.77. The van der Waals surface area contributed by atoms with Gasteiger partial charge in [-0.3, -0.25) is 10.1 Å². The fourth-order valence-electron chi connectivity index (χ4n) is 2.12. The number of hydrogen-bond acceptors (Lipinski definition) is 4. The third kappa shape index (κ3) is 2.45. The summed E-state index contributed by atoms with van der Waals surface area (Å²) < 4.78 is 2.34. The van der Waals surface area contributed by atoms with E-state index in [1.54, 1.807) is 10.9 Å². The maximum atomic E-state index is 11.3. The second kappa shape index (κ2) is 5.70. The lowest BCUT2D eigenvalue weighted by Crippen LogP contribution is -2.06. The Morgan fingerprint density at radius 3 is 2.60 bits per heavy atom. The largest absolute Gasteiger partial charge is 0.313 e. The van der Waals surface area contributed by atoms with E-state index in [1.807, 2.05) is 26.8 Å². The summed E-state index contributed by atoms with van der Waals surface area (Å²) >= 11 is 3.45. The summed E-state index contributed by atoms with van der Waals surface area (Å²) in [5.41, 5.74) is 2.17. The Bertz CT molecular complexity index is 667. The van der Waals surface area contributed by atoms with Gasteiger partial charge in [0.2, 0.25) is 0 Å². The zero-order chi connectivity index (χ0) is 14.9. The lowest BCUT2D eigenvalue weighted by atomic mass is 10.2. The molecule has 2 rings (SSSR count). The fraction of sp³-hybridized carbons (Fsp3) is 0.385. The van der Waals surface area contributed by atoms with Gasteiger partial charge in [-0.05, 0) is 47.3 Å². The number of rotatable bonds is 4.